The van der Waals surface area contributed by atoms with Gasteiger partial charge in [-0.2, -0.15) is 0 Å². The molecule has 1 atom stereocenters. The van der Waals surface area contributed by atoms with Crippen molar-refractivity contribution < 1.29 is 24.2 Å². The van der Waals surface area contributed by atoms with Gasteiger partial charge in [-0.05, 0) is 66.9 Å². The number of ketones is 1. The van der Waals surface area contributed by atoms with Gasteiger partial charge in [0.05, 0.1) is 30.9 Å². The summed E-state index contributed by atoms with van der Waals surface area (Å²) in [7, 11) is 3.05. The lowest BCUT2D eigenvalue weighted by Gasteiger charge is -2.27. The van der Waals surface area contributed by atoms with E-state index >= 15 is 0 Å². The maximum Gasteiger partial charge on any atom is 0.300 e. The molecule has 1 saturated heterocycles. The van der Waals surface area contributed by atoms with E-state index < -0.39 is 17.7 Å². The standard InChI is InChI=1S/C27H24ClNO5/c1-15-5-6-16(2)22(13-15)29-24(17-7-9-18(33-3)10-8-17)23(26(31)27(29)32)25(30)20-14-19(34-4)11-12-21(20)28/h5-14,24,30H,1-4H3/b25-23+. The fourth-order valence-electron chi connectivity index (χ4n) is 4.12. The lowest BCUT2D eigenvalue weighted by molar-refractivity contribution is -0.132. The van der Waals surface area contributed by atoms with Crippen LogP contribution in [0.1, 0.15) is 28.3 Å². The van der Waals surface area contributed by atoms with E-state index in [4.69, 9.17) is 21.1 Å². The SMILES string of the molecule is COc1ccc(C2/C(=C(\O)c3cc(OC)ccc3Cl)C(=O)C(=O)N2c2cc(C)ccc2C)cc1. The van der Waals surface area contributed by atoms with Crippen LogP contribution in [0.15, 0.2) is 66.2 Å². The third-order valence-corrected chi connectivity index (χ3v) is 6.26. The first-order valence-corrected chi connectivity index (χ1v) is 11.0. The van der Waals surface area contributed by atoms with E-state index in [0.717, 1.165) is 11.1 Å². The summed E-state index contributed by atoms with van der Waals surface area (Å²) in [4.78, 5) is 28.2. The topological polar surface area (TPSA) is 76.1 Å². The van der Waals surface area contributed by atoms with Crippen molar-refractivity contribution in [1.82, 2.24) is 0 Å². The van der Waals surface area contributed by atoms with Gasteiger partial charge in [0.25, 0.3) is 11.7 Å². The van der Waals surface area contributed by atoms with E-state index in [9.17, 15) is 14.7 Å². The first kappa shape index (κ1) is 23.4. The van der Waals surface area contributed by atoms with E-state index in [0.29, 0.717) is 22.7 Å². The van der Waals surface area contributed by atoms with Gasteiger partial charge in [0, 0.05) is 11.3 Å². The molecule has 0 spiro atoms. The van der Waals surface area contributed by atoms with Crippen molar-refractivity contribution in [2.45, 2.75) is 19.9 Å². The minimum Gasteiger partial charge on any atom is -0.507 e. The van der Waals surface area contributed by atoms with Crippen molar-refractivity contribution in [1.29, 1.82) is 0 Å². The van der Waals surface area contributed by atoms with Crippen molar-refractivity contribution in [2.24, 2.45) is 0 Å². The molecule has 7 heteroatoms. The molecule has 1 aliphatic heterocycles. The number of nitrogens with zero attached hydrogens (tertiary/aromatic N) is 1. The minimum absolute atomic E-state index is 0.0498. The van der Waals surface area contributed by atoms with Crippen LogP contribution >= 0.6 is 11.6 Å². The number of methoxy groups -OCH3 is 2. The van der Waals surface area contributed by atoms with Crippen molar-refractivity contribution in [3.05, 3.63) is 93.5 Å². The molecule has 0 saturated carbocycles. The molecular weight excluding hydrogens is 454 g/mol. The predicted molar refractivity (Wildman–Crippen MR) is 132 cm³/mol. The highest BCUT2D eigenvalue weighted by atomic mass is 35.5. The molecule has 4 rings (SSSR count). The Bertz CT molecular complexity index is 1310. The Labute approximate surface area is 203 Å². The average molecular weight is 478 g/mol. The van der Waals surface area contributed by atoms with Crippen LogP contribution in [-0.4, -0.2) is 31.0 Å². The molecule has 1 amide bonds. The maximum atomic E-state index is 13.4. The summed E-state index contributed by atoms with van der Waals surface area (Å²) in [5.74, 6) is -0.803. The number of rotatable bonds is 5. The molecule has 3 aromatic carbocycles. The number of Topliss-reactive ketones (excluding diaryl/α,β-unsaturated/α-hetero) is 1. The molecule has 0 aromatic heterocycles. The highest BCUT2D eigenvalue weighted by Gasteiger charge is 2.47. The Morgan fingerprint density at radius 2 is 1.56 bits per heavy atom. The van der Waals surface area contributed by atoms with Gasteiger partial charge in [0.15, 0.2) is 0 Å². The zero-order chi connectivity index (χ0) is 24.6. The number of benzene rings is 3. The number of amides is 1. The minimum atomic E-state index is -0.867. The number of halogens is 1. The Morgan fingerprint density at radius 1 is 0.912 bits per heavy atom. The van der Waals surface area contributed by atoms with Gasteiger partial charge in [0.1, 0.15) is 17.3 Å². The summed E-state index contributed by atoms with van der Waals surface area (Å²) in [5, 5.41) is 11.6. The molecule has 0 bridgehead atoms. The number of carbonyl (C=O) groups is 2. The number of hydrogen-bond donors (Lipinski definition) is 1. The summed E-state index contributed by atoms with van der Waals surface area (Å²) in [5.41, 5.74) is 3.15. The molecule has 6 nitrogen and oxygen atoms in total. The second kappa shape index (κ2) is 9.23. The third kappa shape index (κ3) is 4.01. The van der Waals surface area contributed by atoms with E-state index in [1.54, 1.807) is 43.5 Å². The smallest absolute Gasteiger partial charge is 0.300 e. The Hall–Kier alpha value is -3.77. The highest BCUT2D eigenvalue weighted by molar-refractivity contribution is 6.52. The van der Waals surface area contributed by atoms with Crippen molar-refractivity contribution in [3.8, 4) is 11.5 Å². The van der Waals surface area contributed by atoms with Gasteiger partial charge >= 0.3 is 0 Å². The van der Waals surface area contributed by atoms with Gasteiger partial charge in [-0.1, -0.05) is 35.9 Å². The number of carbonyl (C=O) groups excluding carboxylic acids is 2. The summed E-state index contributed by atoms with van der Waals surface area (Å²) in [6.45, 7) is 3.79. The highest BCUT2D eigenvalue weighted by Crippen LogP contribution is 2.44. The predicted octanol–water partition coefficient (Wildman–Crippen LogP) is 5.60. The molecule has 1 unspecified atom stereocenters. The monoisotopic (exact) mass is 477 g/mol. The van der Waals surface area contributed by atoms with Gasteiger partial charge in [-0.15, -0.1) is 0 Å². The Kier molecular flexibility index (Phi) is 6.35. The first-order valence-electron chi connectivity index (χ1n) is 10.6. The fourth-order valence-corrected chi connectivity index (χ4v) is 4.33. The normalized spacial score (nSPS) is 17.2. The van der Waals surface area contributed by atoms with E-state index in [-0.39, 0.29) is 21.9 Å². The van der Waals surface area contributed by atoms with E-state index in [1.165, 1.54) is 18.1 Å². The third-order valence-electron chi connectivity index (χ3n) is 5.93. The number of hydrogen-bond acceptors (Lipinski definition) is 5. The Morgan fingerprint density at radius 3 is 2.21 bits per heavy atom. The number of aliphatic hydroxyl groups is 1. The van der Waals surface area contributed by atoms with Crippen molar-refractivity contribution in [2.75, 3.05) is 19.1 Å². The molecule has 3 aromatic rings. The van der Waals surface area contributed by atoms with Crippen LogP contribution in [0.3, 0.4) is 0 Å². The van der Waals surface area contributed by atoms with Crippen molar-refractivity contribution in [3.63, 3.8) is 0 Å². The lowest BCUT2D eigenvalue weighted by atomic mass is 9.94. The molecule has 1 heterocycles. The zero-order valence-electron chi connectivity index (χ0n) is 19.3. The summed E-state index contributed by atoms with van der Waals surface area (Å²) in [6.07, 6.45) is 0. The van der Waals surface area contributed by atoms with Gasteiger partial charge in [-0.25, -0.2) is 0 Å². The van der Waals surface area contributed by atoms with Crippen LogP contribution in [-0.2, 0) is 9.59 Å². The second-order valence-electron chi connectivity index (χ2n) is 8.08. The molecule has 174 valence electrons. The lowest BCUT2D eigenvalue weighted by Crippen LogP contribution is -2.30. The first-order chi connectivity index (χ1) is 16.3. The summed E-state index contributed by atoms with van der Waals surface area (Å²) < 4.78 is 10.5. The summed E-state index contributed by atoms with van der Waals surface area (Å²) in [6, 6.07) is 16.6. The maximum absolute atomic E-state index is 13.4. The van der Waals surface area contributed by atoms with Crippen LogP contribution < -0.4 is 14.4 Å². The molecule has 34 heavy (non-hydrogen) atoms. The largest absolute Gasteiger partial charge is 0.507 e. The molecule has 1 N–H and O–H groups in total. The van der Waals surface area contributed by atoms with Crippen LogP contribution in [0.25, 0.3) is 5.76 Å². The average Bonchev–Trinajstić information content (AvgIpc) is 3.10. The van der Waals surface area contributed by atoms with Gasteiger partial charge in [0.2, 0.25) is 0 Å². The van der Waals surface area contributed by atoms with Crippen LogP contribution in [0.2, 0.25) is 5.02 Å². The number of anilines is 1. The second-order valence-corrected chi connectivity index (χ2v) is 8.49. The molecular formula is C27H24ClNO5. The quantitative estimate of drug-likeness (QED) is 0.294. The number of aryl methyl sites for hydroxylation is 2. The molecule has 0 radical (unpaired) electrons. The Balaban J connectivity index is 1.99. The van der Waals surface area contributed by atoms with E-state index in [1.807, 2.05) is 32.0 Å². The zero-order valence-corrected chi connectivity index (χ0v) is 20.0. The summed E-state index contributed by atoms with van der Waals surface area (Å²) >= 11 is 6.37. The van der Waals surface area contributed by atoms with Crippen molar-refractivity contribution >= 4 is 34.7 Å². The fraction of sp³-hybridized carbons (Fsp3) is 0.185. The van der Waals surface area contributed by atoms with Crippen LogP contribution in [0.5, 0.6) is 11.5 Å². The molecule has 0 aliphatic carbocycles. The van der Waals surface area contributed by atoms with E-state index in [2.05, 4.69) is 0 Å². The molecule has 1 fully saturated rings. The number of ether oxygens (including phenoxy) is 2. The van der Waals surface area contributed by atoms with Crippen LogP contribution in [0, 0.1) is 13.8 Å². The number of aliphatic hydroxyl groups excluding tert-OH is 1. The van der Waals surface area contributed by atoms with Crippen LogP contribution in [0.4, 0.5) is 5.69 Å². The van der Waals surface area contributed by atoms with Gasteiger partial charge in [-0.3, -0.25) is 14.5 Å². The molecule has 1 aliphatic rings. The van der Waals surface area contributed by atoms with Gasteiger partial charge < -0.3 is 14.6 Å².